The van der Waals surface area contributed by atoms with Gasteiger partial charge in [0, 0.05) is 33.2 Å². The Bertz CT molecular complexity index is 2010. The van der Waals surface area contributed by atoms with Crippen LogP contribution in [-0.4, -0.2) is 53.3 Å². The van der Waals surface area contributed by atoms with Gasteiger partial charge in [-0.15, -0.1) is 0 Å². The van der Waals surface area contributed by atoms with Gasteiger partial charge < -0.3 is 42.1 Å². The molecule has 12 N–H and O–H groups in total. The summed E-state index contributed by atoms with van der Waals surface area (Å²) in [6, 6.07) is 3.16. The van der Waals surface area contributed by atoms with Crippen LogP contribution in [0, 0.1) is 13.8 Å². The minimum Gasteiger partial charge on any atom is -0.507 e. The van der Waals surface area contributed by atoms with Crippen LogP contribution >= 0.6 is 24.4 Å². The summed E-state index contributed by atoms with van der Waals surface area (Å²) in [5.74, 6) is -2.82. The van der Waals surface area contributed by atoms with Crippen molar-refractivity contribution < 1.29 is 30.6 Å². The molecule has 12 nitrogen and oxygen atoms in total. The number of nitrogens with one attached hydrogen (secondary N) is 2. The predicted molar refractivity (Wildman–Crippen MR) is 190 cm³/mol. The molecule has 0 saturated carbocycles. The molecule has 0 unspecified atom stereocenters. The number of nitrogens with zero attached hydrogens (tertiary/aromatic N) is 2. The number of benzene rings is 4. The molecule has 0 spiro atoms. The first-order valence-electron chi connectivity index (χ1n) is 14.2. The van der Waals surface area contributed by atoms with Crippen molar-refractivity contribution in [2.75, 3.05) is 0 Å². The van der Waals surface area contributed by atoms with Gasteiger partial charge in [-0.25, -0.2) is 0 Å². The van der Waals surface area contributed by atoms with Crippen LogP contribution in [0.2, 0.25) is 0 Å². The van der Waals surface area contributed by atoms with E-state index in [4.69, 9.17) is 35.9 Å². The third-order valence-corrected chi connectivity index (χ3v) is 7.97. The molecule has 14 heteroatoms. The highest BCUT2D eigenvalue weighted by atomic mass is 32.1. The van der Waals surface area contributed by atoms with Gasteiger partial charge in [0.05, 0.1) is 18.0 Å². The molecule has 0 heterocycles. The fraction of sp³-hybridized carbons (Fsp3) is 0.250. The maximum absolute atomic E-state index is 12.0. The van der Waals surface area contributed by atoms with Gasteiger partial charge >= 0.3 is 0 Å². The van der Waals surface area contributed by atoms with Gasteiger partial charge in [-0.3, -0.25) is 10.9 Å². The van der Waals surface area contributed by atoms with Gasteiger partial charge in [0.25, 0.3) is 0 Å². The smallest absolute Gasteiger partial charge is 0.184 e. The fourth-order valence-electron chi connectivity index (χ4n) is 6.00. The second-order valence-corrected chi connectivity index (χ2v) is 12.4. The van der Waals surface area contributed by atoms with E-state index in [1.807, 2.05) is 27.7 Å². The highest BCUT2D eigenvalue weighted by Gasteiger charge is 2.29. The number of rotatable bonds is 7. The maximum atomic E-state index is 12.0. The first kappa shape index (κ1) is 33.8. The lowest BCUT2D eigenvalue weighted by Gasteiger charge is -2.24. The van der Waals surface area contributed by atoms with Crippen LogP contribution in [0.25, 0.3) is 32.7 Å². The third kappa shape index (κ3) is 5.72. The largest absolute Gasteiger partial charge is 0.507 e. The van der Waals surface area contributed by atoms with Crippen molar-refractivity contribution in [2.24, 2.45) is 21.7 Å². The summed E-state index contributed by atoms with van der Waals surface area (Å²) in [4.78, 5) is 0. The number of phenols is 6. The molecule has 4 aromatic rings. The second-order valence-electron chi connectivity index (χ2n) is 11.5. The van der Waals surface area contributed by atoms with Crippen molar-refractivity contribution in [2.45, 2.75) is 53.4 Å². The number of aryl methyl sites for hydroxylation is 2. The topological polar surface area (TPSA) is 222 Å². The molecule has 0 saturated heterocycles. The number of hydrogen-bond donors (Lipinski definition) is 10. The van der Waals surface area contributed by atoms with Gasteiger partial charge in [-0.05, 0) is 83.5 Å². The summed E-state index contributed by atoms with van der Waals surface area (Å²) in [6.07, 6.45) is 2.41. The zero-order valence-electron chi connectivity index (χ0n) is 26.0. The van der Waals surface area contributed by atoms with Crippen LogP contribution < -0.4 is 22.3 Å². The summed E-state index contributed by atoms with van der Waals surface area (Å²) in [5, 5.41) is 77.0. The molecule has 0 atom stereocenters. The van der Waals surface area contributed by atoms with E-state index in [2.05, 4.69) is 21.1 Å². The Labute approximate surface area is 275 Å². The van der Waals surface area contributed by atoms with Crippen molar-refractivity contribution in [3.63, 3.8) is 0 Å². The molecule has 4 rings (SSSR count). The lowest BCUT2D eigenvalue weighted by molar-refractivity contribution is 0.398. The molecule has 0 aliphatic heterocycles. The average molecular weight is 665 g/mol. The molecular weight excluding hydrogens is 629 g/mol. The minimum atomic E-state index is -0.522. The normalized spacial score (nSPS) is 11.9. The van der Waals surface area contributed by atoms with Gasteiger partial charge in [-0.1, -0.05) is 33.8 Å². The lowest BCUT2D eigenvalue weighted by Crippen LogP contribution is -2.24. The molecular formula is C32H36N6O6S2. The molecule has 242 valence electrons. The molecule has 0 fully saturated rings. The quantitative estimate of drug-likeness (QED) is 0.0540. The number of aromatic hydroxyl groups is 6. The number of hydrazone groups is 2. The molecule has 0 radical (unpaired) electrons. The molecule has 0 aromatic heterocycles. The number of phenolic OH excluding ortho intramolecular Hbond substituents is 6. The molecule has 0 aliphatic carbocycles. The molecule has 0 amide bonds. The first-order valence-corrected chi connectivity index (χ1v) is 15.0. The Balaban J connectivity index is 2.21. The Kier molecular flexibility index (Phi) is 9.36. The van der Waals surface area contributed by atoms with Crippen LogP contribution in [0.4, 0.5) is 0 Å². The van der Waals surface area contributed by atoms with Gasteiger partial charge in [0.1, 0.15) is 11.5 Å². The Morgan fingerprint density at radius 2 is 1.17 bits per heavy atom. The predicted octanol–water partition coefficient (Wildman–Crippen LogP) is 5.09. The van der Waals surface area contributed by atoms with E-state index in [0.717, 1.165) is 0 Å². The Morgan fingerprint density at radius 3 is 1.70 bits per heavy atom. The number of fused-ring (bicyclic) bond motifs is 2. The molecule has 46 heavy (non-hydrogen) atoms. The van der Waals surface area contributed by atoms with Crippen molar-refractivity contribution in [3.05, 3.63) is 45.5 Å². The summed E-state index contributed by atoms with van der Waals surface area (Å²) in [6.45, 7) is 10.8. The Morgan fingerprint density at radius 1 is 0.674 bits per heavy atom. The van der Waals surface area contributed by atoms with E-state index >= 15 is 0 Å². The number of nitrogens with two attached hydrogens (primary N) is 2. The van der Waals surface area contributed by atoms with Crippen LogP contribution in [0.1, 0.15) is 72.9 Å². The molecule has 0 aliphatic rings. The standard InChI is InChI=1S/C32H36N6O6S2/c1-11(2)20-16-7-13(5)22(28(42)25(16)18(27(41)29(20)43)10-36-38-32(34)46)24-14(6)23-15(8-19(24)39)17(9-35-37-31(33)45)26(40)30(44)21(23)12(3)4/h7-12,39-44H,1-6H3,(H3,33,37,45)(H3,34,38,46)/b35-9-,36-10-. The summed E-state index contributed by atoms with van der Waals surface area (Å²) in [5.41, 5.74) is 18.1. The maximum Gasteiger partial charge on any atom is 0.184 e. The van der Waals surface area contributed by atoms with Gasteiger partial charge in [-0.2, -0.15) is 10.2 Å². The van der Waals surface area contributed by atoms with E-state index in [0.29, 0.717) is 38.4 Å². The van der Waals surface area contributed by atoms with E-state index in [1.54, 1.807) is 19.9 Å². The van der Waals surface area contributed by atoms with Gasteiger partial charge in [0.15, 0.2) is 33.2 Å². The average Bonchev–Trinajstić information content (AvgIpc) is 2.94. The van der Waals surface area contributed by atoms with Crippen LogP contribution in [0.3, 0.4) is 0 Å². The SMILES string of the molecule is Cc1cc2c(C(C)C)c(O)c(O)c(/C=N\NC(N)=S)c2c(O)c1-c1c(O)cc2c(/C=N\NC(N)=S)c(O)c(O)c(C(C)C)c2c1C. The Hall–Kier alpha value is -5.08. The van der Waals surface area contributed by atoms with Crippen LogP contribution in [0.5, 0.6) is 34.5 Å². The zero-order chi connectivity index (χ0) is 34.4. The number of hydrogen-bond acceptors (Lipinski definition) is 10. The first-order chi connectivity index (χ1) is 21.5. The van der Waals surface area contributed by atoms with Crippen molar-refractivity contribution in [3.8, 4) is 45.6 Å². The summed E-state index contributed by atoms with van der Waals surface area (Å²) >= 11 is 9.61. The zero-order valence-corrected chi connectivity index (χ0v) is 27.6. The summed E-state index contributed by atoms with van der Waals surface area (Å²) < 4.78 is 0. The van der Waals surface area contributed by atoms with Crippen LogP contribution in [-0.2, 0) is 0 Å². The lowest BCUT2D eigenvalue weighted by atomic mass is 9.82. The van der Waals surface area contributed by atoms with Gasteiger partial charge in [0.2, 0.25) is 0 Å². The second kappa shape index (κ2) is 12.7. The third-order valence-electron chi connectivity index (χ3n) is 7.78. The minimum absolute atomic E-state index is 0.0217. The summed E-state index contributed by atoms with van der Waals surface area (Å²) in [7, 11) is 0. The van der Waals surface area contributed by atoms with Crippen molar-refractivity contribution >= 4 is 68.6 Å². The van der Waals surface area contributed by atoms with Crippen molar-refractivity contribution in [1.29, 1.82) is 0 Å². The highest BCUT2D eigenvalue weighted by molar-refractivity contribution is 7.80. The van der Waals surface area contributed by atoms with Crippen LogP contribution in [0.15, 0.2) is 22.3 Å². The van der Waals surface area contributed by atoms with Crippen molar-refractivity contribution in [1.82, 2.24) is 10.9 Å². The molecule has 0 bridgehead atoms. The van der Waals surface area contributed by atoms with E-state index in [9.17, 15) is 30.6 Å². The highest BCUT2D eigenvalue weighted by Crippen LogP contribution is 2.53. The monoisotopic (exact) mass is 664 g/mol. The van der Waals surface area contributed by atoms with E-state index in [1.165, 1.54) is 18.5 Å². The molecule has 4 aromatic carbocycles. The number of thiocarbonyl (C=S) groups is 2. The fourth-order valence-corrected chi connectivity index (χ4v) is 6.11. The van der Waals surface area contributed by atoms with E-state index in [-0.39, 0.29) is 72.7 Å². The van der Waals surface area contributed by atoms with E-state index < -0.39 is 11.5 Å².